The molecule has 1 fully saturated rings. The summed E-state index contributed by atoms with van der Waals surface area (Å²) in [6.45, 7) is 6.87. The Morgan fingerprint density at radius 1 is 1.14 bits per heavy atom. The van der Waals surface area contributed by atoms with Gasteiger partial charge in [0, 0.05) is 18.7 Å². The van der Waals surface area contributed by atoms with Crippen LogP contribution in [-0.4, -0.2) is 29.8 Å². The van der Waals surface area contributed by atoms with Crippen LogP contribution in [0.3, 0.4) is 0 Å². The molecule has 1 saturated heterocycles. The van der Waals surface area contributed by atoms with Crippen LogP contribution in [0.15, 0.2) is 42.5 Å². The first-order valence-electron chi connectivity index (χ1n) is 9.77. The molecule has 0 saturated carbocycles. The summed E-state index contributed by atoms with van der Waals surface area (Å²) < 4.78 is 13.4. The first kappa shape index (κ1) is 20.1. The normalized spacial score (nSPS) is 17.9. The first-order chi connectivity index (χ1) is 13.3. The lowest BCUT2D eigenvalue weighted by atomic mass is 9.95. The highest BCUT2D eigenvalue weighted by Crippen LogP contribution is 2.22. The van der Waals surface area contributed by atoms with Gasteiger partial charge >= 0.3 is 0 Å². The van der Waals surface area contributed by atoms with Crippen LogP contribution in [0.2, 0.25) is 0 Å². The molecule has 28 heavy (non-hydrogen) atoms. The number of rotatable bonds is 4. The smallest absolute Gasteiger partial charge is 0.253 e. The quantitative estimate of drug-likeness (QED) is 0.863. The molecule has 4 nitrogen and oxygen atoms in total. The molecular weight excluding hydrogens is 355 g/mol. The van der Waals surface area contributed by atoms with E-state index < -0.39 is 0 Å². The Hall–Kier alpha value is -2.69. The Morgan fingerprint density at radius 3 is 2.54 bits per heavy atom. The fourth-order valence-electron chi connectivity index (χ4n) is 3.85. The van der Waals surface area contributed by atoms with Crippen LogP contribution in [0.5, 0.6) is 0 Å². The fourth-order valence-corrected chi connectivity index (χ4v) is 3.85. The lowest BCUT2D eigenvalue weighted by Gasteiger charge is -2.33. The van der Waals surface area contributed by atoms with E-state index in [1.54, 1.807) is 17.0 Å². The van der Waals surface area contributed by atoms with E-state index in [0.29, 0.717) is 18.7 Å². The Labute approximate surface area is 165 Å². The largest absolute Gasteiger partial charge is 0.349 e. The third-order valence-electron chi connectivity index (χ3n) is 5.26. The van der Waals surface area contributed by atoms with E-state index in [9.17, 15) is 14.0 Å². The maximum atomic E-state index is 13.4. The number of halogens is 1. The molecular formula is C23H27FN2O2. The van der Waals surface area contributed by atoms with Gasteiger partial charge in [0.25, 0.3) is 5.91 Å². The van der Waals surface area contributed by atoms with Gasteiger partial charge in [-0.3, -0.25) is 9.59 Å². The summed E-state index contributed by atoms with van der Waals surface area (Å²) in [5.74, 6) is -0.682. The van der Waals surface area contributed by atoms with E-state index in [-0.39, 0.29) is 29.6 Å². The van der Waals surface area contributed by atoms with Crippen molar-refractivity contribution in [3.8, 4) is 0 Å². The molecule has 2 atom stereocenters. The number of carbonyl (C=O) groups is 2. The number of hydrogen-bond donors (Lipinski definition) is 1. The third kappa shape index (κ3) is 4.77. The van der Waals surface area contributed by atoms with Gasteiger partial charge in [0.2, 0.25) is 5.91 Å². The molecule has 3 rings (SSSR count). The van der Waals surface area contributed by atoms with Gasteiger partial charge in [-0.05, 0) is 63.4 Å². The topological polar surface area (TPSA) is 49.4 Å². The lowest BCUT2D eigenvalue weighted by molar-refractivity contribution is -0.127. The van der Waals surface area contributed by atoms with E-state index in [4.69, 9.17) is 0 Å². The summed E-state index contributed by atoms with van der Waals surface area (Å²) in [4.78, 5) is 27.4. The number of nitrogens with one attached hydrogen (secondary N) is 1. The second kappa shape index (κ2) is 8.55. The molecule has 1 N–H and O–H groups in total. The summed E-state index contributed by atoms with van der Waals surface area (Å²) in [6, 6.07) is 11.8. The molecule has 2 amide bonds. The average molecular weight is 382 g/mol. The summed E-state index contributed by atoms with van der Waals surface area (Å²) in [7, 11) is 0. The zero-order valence-corrected chi connectivity index (χ0v) is 16.7. The highest BCUT2D eigenvalue weighted by Gasteiger charge is 2.29. The summed E-state index contributed by atoms with van der Waals surface area (Å²) in [5, 5.41) is 2.97. The number of benzene rings is 2. The van der Waals surface area contributed by atoms with Crippen LogP contribution in [-0.2, 0) is 4.79 Å². The Balaban J connectivity index is 1.65. The Bertz CT molecular complexity index is 860. The highest BCUT2D eigenvalue weighted by atomic mass is 19.1. The SMILES string of the molecule is Cc1cc(C)cc(C(=O)N2CCC[C@@H](C(=O)N[C@H](C)c3cccc(F)c3)C2)c1. The predicted octanol–water partition coefficient (Wildman–Crippen LogP) is 4.17. The van der Waals surface area contributed by atoms with Crippen LogP contribution in [0.4, 0.5) is 4.39 Å². The van der Waals surface area contributed by atoms with Crippen LogP contribution in [0, 0.1) is 25.6 Å². The number of hydrogen-bond acceptors (Lipinski definition) is 2. The number of carbonyl (C=O) groups excluding carboxylic acids is 2. The molecule has 0 unspecified atom stereocenters. The van der Waals surface area contributed by atoms with Gasteiger partial charge in [-0.1, -0.05) is 29.3 Å². The number of likely N-dealkylation sites (tertiary alicyclic amines) is 1. The lowest BCUT2D eigenvalue weighted by Crippen LogP contribution is -2.45. The maximum absolute atomic E-state index is 13.4. The standard InChI is InChI=1S/C23H27FN2O2/c1-15-10-16(2)12-20(11-15)23(28)26-9-5-7-19(14-26)22(27)25-17(3)18-6-4-8-21(24)13-18/h4,6,8,10-13,17,19H,5,7,9,14H2,1-3H3,(H,25,27)/t17-,19-/m1/s1. The molecule has 1 heterocycles. The van der Waals surface area contributed by atoms with E-state index in [1.165, 1.54) is 12.1 Å². The molecule has 0 aromatic heterocycles. The van der Waals surface area contributed by atoms with Gasteiger partial charge < -0.3 is 10.2 Å². The van der Waals surface area contributed by atoms with E-state index >= 15 is 0 Å². The van der Waals surface area contributed by atoms with Crippen molar-refractivity contribution >= 4 is 11.8 Å². The van der Waals surface area contributed by atoms with Gasteiger partial charge in [-0.25, -0.2) is 4.39 Å². The minimum atomic E-state index is -0.318. The minimum Gasteiger partial charge on any atom is -0.349 e. The molecule has 1 aliphatic rings. The van der Waals surface area contributed by atoms with Crippen molar-refractivity contribution in [3.63, 3.8) is 0 Å². The molecule has 148 valence electrons. The van der Waals surface area contributed by atoms with Crippen molar-refractivity contribution in [2.75, 3.05) is 13.1 Å². The van der Waals surface area contributed by atoms with Crippen molar-refractivity contribution in [1.29, 1.82) is 0 Å². The van der Waals surface area contributed by atoms with Crippen molar-refractivity contribution in [3.05, 3.63) is 70.5 Å². The zero-order chi connectivity index (χ0) is 20.3. The Morgan fingerprint density at radius 2 is 1.86 bits per heavy atom. The van der Waals surface area contributed by atoms with Gasteiger partial charge in [0.15, 0.2) is 0 Å². The zero-order valence-electron chi connectivity index (χ0n) is 16.7. The van der Waals surface area contributed by atoms with E-state index in [2.05, 4.69) is 5.32 Å². The summed E-state index contributed by atoms with van der Waals surface area (Å²) in [5.41, 5.74) is 3.51. The summed E-state index contributed by atoms with van der Waals surface area (Å²) >= 11 is 0. The second-order valence-electron chi connectivity index (χ2n) is 7.75. The van der Waals surface area contributed by atoms with Crippen molar-refractivity contribution in [2.45, 2.75) is 39.7 Å². The number of piperidine rings is 1. The third-order valence-corrected chi connectivity index (χ3v) is 5.26. The molecule has 0 aliphatic carbocycles. The van der Waals surface area contributed by atoms with Crippen molar-refractivity contribution in [1.82, 2.24) is 10.2 Å². The van der Waals surface area contributed by atoms with Crippen molar-refractivity contribution in [2.24, 2.45) is 5.92 Å². The summed E-state index contributed by atoms with van der Waals surface area (Å²) in [6.07, 6.45) is 1.54. The maximum Gasteiger partial charge on any atom is 0.253 e. The molecule has 0 bridgehead atoms. The minimum absolute atomic E-state index is 0.0255. The molecule has 2 aromatic carbocycles. The Kier molecular flexibility index (Phi) is 6.12. The van der Waals surface area contributed by atoms with Crippen LogP contribution in [0.1, 0.15) is 52.9 Å². The van der Waals surface area contributed by atoms with Gasteiger partial charge in [0.1, 0.15) is 5.82 Å². The van der Waals surface area contributed by atoms with E-state index in [1.807, 2.05) is 39.0 Å². The predicted molar refractivity (Wildman–Crippen MR) is 108 cm³/mol. The number of nitrogens with zero attached hydrogens (tertiary/aromatic N) is 1. The highest BCUT2D eigenvalue weighted by molar-refractivity contribution is 5.95. The molecule has 1 aliphatic heterocycles. The first-order valence-corrected chi connectivity index (χ1v) is 9.77. The number of aryl methyl sites for hydroxylation is 2. The fraction of sp³-hybridized carbons (Fsp3) is 0.391. The average Bonchev–Trinajstić information content (AvgIpc) is 2.66. The molecule has 5 heteroatoms. The molecule has 2 aromatic rings. The van der Waals surface area contributed by atoms with E-state index in [0.717, 1.165) is 29.5 Å². The van der Waals surface area contributed by atoms with Crippen LogP contribution in [0.25, 0.3) is 0 Å². The monoisotopic (exact) mass is 382 g/mol. The van der Waals surface area contributed by atoms with Crippen molar-refractivity contribution < 1.29 is 14.0 Å². The van der Waals surface area contributed by atoms with Gasteiger partial charge in [-0.15, -0.1) is 0 Å². The van der Waals surface area contributed by atoms with Gasteiger partial charge in [0.05, 0.1) is 12.0 Å². The molecule has 0 spiro atoms. The number of amides is 2. The molecule has 0 radical (unpaired) electrons. The second-order valence-corrected chi connectivity index (χ2v) is 7.75. The van der Waals surface area contributed by atoms with Gasteiger partial charge in [-0.2, -0.15) is 0 Å². The van der Waals surface area contributed by atoms with Crippen LogP contribution >= 0.6 is 0 Å². The van der Waals surface area contributed by atoms with Crippen LogP contribution < -0.4 is 5.32 Å².